The lowest BCUT2D eigenvalue weighted by Gasteiger charge is -2.30. The van der Waals surface area contributed by atoms with E-state index in [0.29, 0.717) is 16.7 Å². The Morgan fingerprint density at radius 2 is 1.57 bits per heavy atom. The molecule has 0 radical (unpaired) electrons. The van der Waals surface area contributed by atoms with E-state index in [0.717, 1.165) is 10.5 Å². The first kappa shape index (κ1) is 36.7. The third kappa shape index (κ3) is 11.2. The molecule has 13 heteroatoms. The quantitative estimate of drug-likeness (QED) is 0.290. The summed E-state index contributed by atoms with van der Waals surface area (Å²) in [7, 11) is 1.36. The molecule has 47 heavy (non-hydrogen) atoms. The van der Waals surface area contributed by atoms with Crippen molar-refractivity contribution in [1.29, 1.82) is 0 Å². The largest absolute Gasteiger partial charge is 0.508 e. The number of aromatic hydroxyl groups is 1. The second-order valence-electron chi connectivity index (χ2n) is 13.6. The fourth-order valence-corrected chi connectivity index (χ4v) is 5.04. The number of carbonyl (C=O) groups is 5. The van der Waals surface area contributed by atoms with E-state index in [9.17, 15) is 34.2 Å². The monoisotopic (exact) mass is 654 g/mol. The van der Waals surface area contributed by atoms with Crippen molar-refractivity contribution in [3.05, 3.63) is 53.6 Å². The summed E-state index contributed by atoms with van der Waals surface area (Å²) in [6.07, 6.45) is -1.46. The Hall–Kier alpha value is -4.81. The fourth-order valence-electron chi connectivity index (χ4n) is 5.04. The van der Waals surface area contributed by atoms with E-state index in [1.54, 1.807) is 65.8 Å². The number of aliphatic carboxylic acids is 1. The lowest BCUT2D eigenvalue weighted by Crippen LogP contribution is -2.57. The number of phenolic OH excluding ortho intramolecular Hbond substituents is 1. The maximum Gasteiger partial charge on any atom is 0.408 e. The second kappa shape index (κ2) is 15.2. The fraction of sp³-hybridized carbons (Fsp3) is 0.500. The number of nitrogens with zero attached hydrogens (tertiary/aromatic N) is 1. The Morgan fingerprint density at radius 3 is 2.21 bits per heavy atom. The number of rotatable bonds is 6. The molecule has 4 bridgehead atoms. The molecule has 4 amide bonds. The van der Waals surface area contributed by atoms with Crippen LogP contribution in [-0.2, 0) is 36.7 Å². The van der Waals surface area contributed by atoms with Crippen molar-refractivity contribution in [3.63, 3.8) is 0 Å². The van der Waals surface area contributed by atoms with Gasteiger partial charge in [0.25, 0.3) is 0 Å². The van der Waals surface area contributed by atoms with Gasteiger partial charge in [0.2, 0.25) is 11.8 Å². The normalized spacial score (nSPS) is 19.0. The molecule has 1 heterocycles. The number of phenols is 1. The summed E-state index contributed by atoms with van der Waals surface area (Å²) < 4.78 is 10.6. The highest BCUT2D eigenvalue weighted by Crippen LogP contribution is 2.28. The van der Waals surface area contributed by atoms with Gasteiger partial charge in [0, 0.05) is 26.4 Å². The van der Waals surface area contributed by atoms with E-state index in [1.807, 2.05) is 12.1 Å². The predicted octanol–water partition coefficient (Wildman–Crippen LogP) is 3.75. The van der Waals surface area contributed by atoms with Crippen LogP contribution in [0.3, 0.4) is 0 Å². The first-order chi connectivity index (χ1) is 21.8. The average molecular weight is 655 g/mol. The minimum atomic E-state index is -1.29. The lowest BCUT2D eigenvalue weighted by atomic mass is 9.96. The SMILES string of the molecule is CN1C(=O)[C@H](CCCNC(=O)OC(C)(C)C)NC(=O)[C@@H](NC(=O)OC(C)(C)C)Cc2cc(ccc2O)-c2cccc(c2)C[C@H]1C(=O)O. The summed E-state index contributed by atoms with van der Waals surface area (Å²) >= 11 is 0. The molecule has 0 fully saturated rings. The summed E-state index contributed by atoms with van der Waals surface area (Å²) in [5.74, 6) is -2.77. The van der Waals surface area contributed by atoms with E-state index >= 15 is 0 Å². The Kier molecular flexibility index (Phi) is 11.8. The Bertz CT molecular complexity index is 1480. The van der Waals surface area contributed by atoms with Crippen LogP contribution in [0.5, 0.6) is 5.75 Å². The number of alkyl carbamates (subject to hydrolysis) is 2. The van der Waals surface area contributed by atoms with Crippen LogP contribution < -0.4 is 16.0 Å². The van der Waals surface area contributed by atoms with Crippen LogP contribution >= 0.6 is 0 Å². The number of carboxylic acids is 1. The number of fused-ring (bicyclic) bond motifs is 5. The smallest absolute Gasteiger partial charge is 0.408 e. The molecule has 0 spiro atoms. The molecule has 0 saturated carbocycles. The Morgan fingerprint density at radius 1 is 0.936 bits per heavy atom. The number of hydrogen-bond acceptors (Lipinski definition) is 8. The zero-order valence-electron chi connectivity index (χ0n) is 28.0. The number of ether oxygens (including phenoxy) is 2. The topological polar surface area (TPSA) is 184 Å². The number of nitrogens with one attached hydrogen (secondary N) is 3. The highest BCUT2D eigenvalue weighted by atomic mass is 16.6. The predicted molar refractivity (Wildman–Crippen MR) is 174 cm³/mol. The summed E-state index contributed by atoms with van der Waals surface area (Å²) in [5, 5.41) is 28.8. The first-order valence-corrected chi connectivity index (χ1v) is 15.5. The van der Waals surface area contributed by atoms with Crippen molar-refractivity contribution in [3.8, 4) is 16.9 Å². The van der Waals surface area contributed by atoms with Crippen molar-refractivity contribution >= 4 is 30.0 Å². The lowest BCUT2D eigenvalue weighted by molar-refractivity contribution is -0.150. The van der Waals surface area contributed by atoms with Gasteiger partial charge in [-0.05, 0) is 88.8 Å². The van der Waals surface area contributed by atoms with Gasteiger partial charge in [-0.2, -0.15) is 0 Å². The molecule has 3 rings (SSSR count). The van der Waals surface area contributed by atoms with Gasteiger partial charge in [-0.3, -0.25) is 9.59 Å². The van der Waals surface area contributed by atoms with Gasteiger partial charge in [0.1, 0.15) is 35.1 Å². The molecule has 0 aromatic heterocycles. The Labute approximate surface area is 275 Å². The average Bonchev–Trinajstić information content (AvgIpc) is 2.95. The van der Waals surface area contributed by atoms with Crippen LogP contribution in [0.1, 0.15) is 65.5 Å². The summed E-state index contributed by atoms with van der Waals surface area (Å²) in [4.78, 5) is 66.3. The van der Waals surface area contributed by atoms with E-state index in [2.05, 4.69) is 16.0 Å². The van der Waals surface area contributed by atoms with Crippen LogP contribution in [0.25, 0.3) is 11.1 Å². The molecule has 0 unspecified atom stereocenters. The van der Waals surface area contributed by atoms with Gasteiger partial charge in [0.15, 0.2) is 0 Å². The van der Waals surface area contributed by atoms with Crippen molar-refractivity contribution in [2.45, 2.75) is 96.6 Å². The summed E-state index contributed by atoms with van der Waals surface area (Å²) in [5.41, 5.74) is 0.845. The number of carbonyl (C=O) groups excluding carboxylic acids is 4. The highest BCUT2D eigenvalue weighted by molar-refractivity contribution is 5.93. The maximum absolute atomic E-state index is 13.9. The molecular weight excluding hydrogens is 608 g/mol. The molecule has 0 aliphatic carbocycles. The van der Waals surface area contributed by atoms with Crippen molar-refractivity contribution in [2.24, 2.45) is 0 Å². The standard InChI is InChI=1S/C34H46N4O9/c1-33(2,3)46-31(44)35-15-9-12-24-29(41)38(7)26(30(42)43)17-20-10-8-11-21(16-20)22-13-14-27(39)23(18-22)19-25(28(40)36-24)37-32(45)47-34(4,5)6/h8,10-11,13-14,16,18,24-26,39H,9,12,15,17,19H2,1-7H3,(H,35,44)(H,36,40)(H,37,45)(H,42,43)/t24-,25-,26-/m0/s1. The Balaban J connectivity index is 2.02. The van der Waals surface area contributed by atoms with Crippen molar-refractivity contribution in [1.82, 2.24) is 20.9 Å². The molecular formula is C34H46N4O9. The van der Waals surface area contributed by atoms with E-state index < -0.39 is 59.3 Å². The molecule has 5 N–H and O–H groups in total. The van der Waals surface area contributed by atoms with Gasteiger partial charge in [-0.1, -0.05) is 30.3 Å². The summed E-state index contributed by atoms with van der Waals surface area (Å²) in [6.45, 7) is 10.3. The van der Waals surface area contributed by atoms with Crippen LogP contribution in [0.2, 0.25) is 0 Å². The van der Waals surface area contributed by atoms with E-state index in [-0.39, 0.29) is 38.0 Å². The molecule has 1 aliphatic rings. The third-order valence-electron chi connectivity index (χ3n) is 7.25. The maximum atomic E-state index is 13.9. The summed E-state index contributed by atoms with van der Waals surface area (Å²) in [6, 6.07) is 8.25. The van der Waals surface area contributed by atoms with Crippen LogP contribution in [-0.4, -0.2) is 88.0 Å². The van der Waals surface area contributed by atoms with E-state index in [1.165, 1.54) is 13.1 Å². The van der Waals surface area contributed by atoms with E-state index in [4.69, 9.17) is 9.47 Å². The highest BCUT2D eigenvalue weighted by Gasteiger charge is 2.35. The molecule has 1 aliphatic heterocycles. The molecule has 13 nitrogen and oxygen atoms in total. The molecule has 3 atom stereocenters. The number of likely N-dealkylation sites (N-methyl/N-ethyl adjacent to an activating group) is 1. The zero-order valence-corrected chi connectivity index (χ0v) is 28.0. The van der Waals surface area contributed by atoms with Gasteiger partial charge >= 0.3 is 18.2 Å². The van der Waals surface area contributed by atoms with Crippen molar-refractivity contribution < 1.29 is 43.7 Å². The van der Waals surface area contributed by atoms with Crippen LogP contribution in [0.15, 0.2) is 42.5 Å². The zero-order chi connectivity index (χ0) is 35.1. The molecule has 256 valence electrons. The van der Waals surface area contributed by atoms with Gasteiger partial charge in [-0.25, -0.2) is 14.4 Å². The van der Waals surface area contributed by atoms with Crippen LogP contribution in [0.4, 0.5) is 9.59 Å². The van der Waals surface area contributed by atoms with Crippen molar-refractivity contribution in [2.75, 3.05) is 13.6 Å². The van der Waals surface area contributed by atoms with Gasteiger partial charge < -0.3 is 40.5 Å². The van der Waals surface area contributed by atoms with Crippen LogP contribution in [0, 0.1) is 0 Å². The second-order valence-corrected chi connectivity index (χ2v) is 13.6. The third-order valence-corrected chi connectivity index (χ3v) is 7.25. The first-order valence-electron chi connectivity index (χ1n) is 15.5. The number of carboxylic acid groups (broad SMARTS) is 1. The molecule has 2 aromatic rings. The molecule has 2 aromatic carbocycles. The molecule has 0 saturated heterocycles. The number of amides is 4. The van der Waals surface area contributed by atoms with Gasteiger partial charge in [0.05, 0.1) is 0 Å². The number of hydrogen-bond donors (Lipinski definition) is 5. The number of benzene rings is 2. The van der Waals surface area contributed by atoms with Gasteiger partial charge in [-0.15, -0.1) is 0 Å². The minimum absolute atomic E-state index is 0.0138. The minimum Gasteiger partial charge on any atom is -0.508 e.